The van der Waals surface area contributed by atoms with Crippen molar-refractivity contribution in [2.24, 2.45) is 0 Å². The summed E-state index contributed by atoms with van der Waals surface area (Å²) in [5, 5.41) is 9.74. The number of phenols is 1. The Bertz CT molecular complexity index is 406. The van der Waals surface area contributed by atoms with Gasteiger partial charge in [0.1, 0.15) is 11.5 Å². The van der Waals surface area contributed by atoms with Crippen LogP contribution in [0.1, 0.15) is 17.3 Å². The van der Waals surface area contributed by atoms with E-state index >= 15 is 0 Å². The first-order valence-electron chi connectivity index (χ1n) is 5.79. The topological polar surface area (TPSA) is 59.0 Å². The fraction of sp³-hybridized carbons (Fsp3) is 0.462. The average molecular weight is 253 g/mol. The highest BCUT2D eigenvalue weighted by Gasteiger charge is 2.18. The molecule has 1 rings (SSSR count). The largest absolute Gasteiger partial charge is 0.507 e. The molecule has 0 aliphatic heterocycles. The minimum atomic E-state index is -0.231. The van der Waals surface area contributed by atoms with Crippen LogP contribution in [-0.2, 0) is 4.74 Å². The van der Waals surface area contributed by atoms with Crippen LogP contribution in [-0.4, -0.2) is 49.8 Å². The second-order valence-electron chi connectivity index (χ2n) is 3.76. The first kappa shape index (κ1) is 14.3. The van der Waals surface area contributed by atoms with Crippen LogP contribution in [0.4, 0.5) is 0 Å². The Hall–Kier alpha value is -1.75. The quantitative estimate of drug-likeness (QED) is 0.835. The lowest BCUT2D eigenvalue weighted by Crippen LogP contribution is -2.33. The third-order valence-corrected chi connectivity index (χ3v) is 2.67. The van der Waals surface area contributed by atoms with Crippen molar-refractivity contribution < 1.29 is 19.4 Å². The maximum Gasteiger partial charge on any atom is 0.257 e. The molecular formula is C13H19NO4. The molecule has 5 nitrogen and oxygen atoms in total. The Balaban J connectivity index is 2.93. The van der Waals surface area contributed by atoms with Gasteiger partial charge < -0.3 is 19.5 Å². The van der Waals surface area contributed by atoms with Gasteiger partial charge in [-0.15, -0.1) is 0 Å². The molecule has 1 aromatic carbocycles. The predicted octanol–water partition coefficient (Wildman–Crippen LogP) is 1.51. The van der Waals surface area contributed by atoms with Crippen molar-refractivity contribution in [3.8, 4) is 11.5 Å². The highest BCUT2D eigenvalue weighted by molar-refractivity contribution is 5.97. The number of likely N-dealkylation sites (N-methyl/N-ethyl adjacent to an activating group) is 1. The van der Waals surface area contributed by atoms with Gasteiger partial charge in [0.2, 0.25) is 0 Å². The van der Waals surface area contributed by atoms with Crippen LogP contribution in [0.25, 0.3) is 0 Å². The van der Waals surface area contributed by atoms with E-state index in [9.17, 15) is 9.90 Å². The van der Waals surface area contributed by atoms with E-state index in [2.05, 4.69) is 0 Å². The standard InChI is InChI=1S/C13H19NO4/c1-4-14(7-8-17-2)13(16)11-9-10(18-3)5-6-12(11)15/h5-6,9,15H,4,7-8H2,1-3H3. The average Bonchev–Trinajstić information content (AvgIpc) is 2.40. The van der Waals surface area contributed by atoms with E-state index in [-0.39, 0.29) is 17.2 Å². The summed E-state index contributed by atoms with van der Waals surface area (Å²) >= 11 is 0. The number of rotatable bonds is 6. The summed E-state index contributed by atoms with van der Waals surface area (Å²) in [6, 6.07) is 4.60. The maximum atomic E-state index is 12.2. The van der Waals surface area contributed by atoms with Gasteiger partial charge in [-0.05, 0) is 25.1 Å². The van der Waals surface area contributed by atoms with Crippen LogP contribution >= 0.6 is 0 Å². The van der Waals surface area contributed by atoms with Gasteiger partial charge in [-0.2, -0.15) is 0 Å². The summed E-state index contributed by atoms with van der Waals surface area (Å²) in [7, 11) is 3.10. The number of aromatic hydroxyl groups is 1. The highest BCUT2D eigenvalue weighted by Crippen LogP contribution is 2.24. The summed E-state index contributed by atoms with van der Waals surface area (Å²) in [4.78, 5) is 13.8. The zero-order valence-corrected chi connectivity index (χ0v) is 11.0. The minimum Gasteiger partial charge on any atom is -0.507 e. The number of phenolic OH excluding ortho intramolecular Hbond substituents is 1. The lowest BCUT2D eigenvalue weighted by atomic mass is 10.1. The molecule has 0 aliphatic rings. The number of nitrogens with zero attached hydrogens (tertiary/aromatic N) is 1. The Morgan fingerprint density at radius 2 is 2.11 bits per heavy atom. The number of amides is 1. The molecule has 18 heavy (non-hydrogen) atoms. The van der Waals surface area contributed by atoms with Gasteiger partial charge in [-0.25, -0.2) is 0 Å². The molecular weight excluding hydrogens is 234 g/mol. The first-order chi connectivity index (χ1) is 8.63. The molecule has 0 spiro atoms. The van der Waals surface area contributed by atoms with Crippen LogP contribution in [0.2, 0.25) is 0 Å². The predicted molar refractivity (Wildman–Crippen MR) is 68.1 cm³/mol. The van der Waals surface area contributed by atoms with Crippen LogP contribution in [0.3, 0.4) is 0 Å². The van der Waals surface area contributed by atoms with E-state index in [4.69, 9.17) is 9.47 Å². The number of methoxy groups -OCH3 is 2. The summed E-state index contributed by atoms with van der Waals surface area (Å²) in [5.41, 5.74) is 0.243. The molecule has 0 bridgehead atoms. The van der Waals surface area contributed by atoms with Crippen LogP contribution < -0.4 is 4.74 Å². The lowest BCUT2D eigenvalue weighted by molar-refractivity contribution is 0.0703. The third-order valence-electron chi connectivity index (χ3n) is 2.67. The molecule has 100 valence electrons. The molecule has 1 N–H and O–H groups in total. The van der Waals surface area contributed by atoms with E-state index < -0.39 is 0 Å². The fourth-order valence-corrected chi connectivity index (χ4v) is 1.59. The molecule has 0 heterocycles. The first-order valence-corrected chi connectivity index (χ1v) is 5.79. The van der Waals surface area contributed by atoms with Crippen molar-refractivity contribution in [1.82, 2.24) is 4.90 Å². The molecule has 1 amide bonds. The summed E-state index contributed by atoms with van der Waals surface area (Å²) < 4.78 is 10.0. The summed E-state index contributed by atoms with van der Waals surface area (Å²) in [5.74, 6) is 0.265. The lowest BCUT2D eigenvalue weighted by Gasteiger charge is -2.21. The van der Waals surface area contributed by atoms with Crippen molar-refractivity contribution in [1.29, 1.82) is 0 Å². The molecule has 0 atom stereocenters. The Labute approximate surface area is 107 Å². The van der Waals surface area contributed by atoms with Gasteiger partial charge in [0.15, 0.2) is 0 Å². The van der Waals surface area contributed by atoms with Crippen molar-refractivity contribution in [3.05, 3.63) is 23.8 Å². The molecule has 0 aromatic heterocycles. The van der Waals surface area contributed by atoms with Gasteiger partial charge >= 0.3 is 0 Å². The van der Waals surface area contributed by atoms with Crippen molar-refractivity contribution in [2.45, 2.75) is 6.92 Å². The van der Waals surface area contributed by atoms with E-state index in [1.54, 1.807) is 18.1 Å². The van der Waals surface area contributed by atoms with Gasteiger partial charge in [-0.1, -0.05) is 0 Å². The monoisotopic (exact) mass is 253 g/mol. The van der Waals surface area contributed by atoms with Gasteiger partial charge in [0.05, 0.1) is 19.3 Å². The molecule has 1 aromatic rings. The molecule has 0 aliphatic carbocycles. The normalized spacial score (nSPS) is 10.2. The second-order valence-corrected chi connectivity index (χ2v) is 3.76. The number of ether oxygens (including phenoxy) is 2. The molecule has 0 saturated carbocycles. The molecule has 0 saturated heterocycles. The number of carbonyl (C=O) groups excluding carboxylic acids is 1. The van der Waals surface area contributed by atoms with E-state index in [0.29, 0.717) is 25.4 Å². The third kappa shape index (κ3) is 3.37. The van der Waals surface area contributed by atoms with E-state index in [0.717, 1.165) is 0 Å². The zero-order chi connectivity index (χ0) is 13.5. The Morgan fingerprint density at radius 3 is 2.67 bits per heavy atom. The fourth-order valence-electron chi connectivity index (χ4n) is 1.59. The number of hydrogen-bond acceptors (Lipinski definition) is 4. The zero-order valence-electron chi connectivity index (χ0n) is 11.0. The number of carbonyl (C=O) groups is 1. The maximum absolute atomic E-state index is 12.2. The van der Waals surface area contributed by atoms with Crippen LogP contribution in [0, 0.1) is 0 Å². The molecule has 0 radical (unpaired) electrons. The number of hydrogen-bond donors (Lipinski definition) is 1. The van der Waals surface area contributed by atoms with Gasteiger partial charge in [0, 0.05) is 20.2 Å². The molecule has 5 heteroatoms. The van der Waals surface area contributed by atoms with Gasteiger partial charge in [0.25, 0.3) is 5.91 Å². The minimum absolute atomic E-state index is 0.0448. The smallest absolute Gasteiger partial charge is 0.257 e. The summed E-state index contributed by atoms with van der Waals surface area (Å²) in [6.45, 7) is 3.39. The molecule has 0 unspecified atom stereocenters. The Morgan fingerprint density at radius 1 is 1.39 bits per heavy atom. The molecule has 0 fully saturated rings. The van der Waals surface area contributed by atoms with E-state index in [1.165, 1.54) is 19.2 Å². The highest BCUT2D eigenvalue weighted by atomic mass is 16.5. The number of benzene rings is 1. The van der Waals surface area contributed by atoms with Gasteiger partial charge in [-0.3, -0.25) is 4.79 Å². The van der Waals surface area contributed by atoms with Crippen molar-refractivity contribution in [2.75, 3.05) is 33.9 Å². The van der Waals surface area contributed by atoms with Crippen LogP contribution in [0.15, 0.2) is 18.2 Å². The van der Waals surface area contributed by atoms with Crippen molar-refractivity contribution >= 4 is 5.91 Å². The second kappa shape index (κ2) is 6.86. The Kier molecular flexibility index (Phi) is 5.45. The van der Waals surface area contributed by atoms with Crippen LogP contribution in [0.5, 0.6) is 11.5 Å². The SMILES string of the molecule is CCN(CCOC)C(=O)c1cc(OC)ccc1O. The van der Waals surface area contributed by atoms with Crippen molar-refractivity contribution in [3.63, 3.8) is 0 Å². The van der Waals surface area contributed by atoms with E-state index in [1.807, 2.05) is 6.92 Å². The summed E-state index contributed by atoms with van der Waals surface area (Å²) in [6.07, 6.45) is 0.